The Kier molecular flexibility index (Phi) is 4.77. The summed E-state index contributed by atoms with van der Waals surface area (Å²) >= 11 is 3.90. The number of aliphatic hydroxyl groups is 1. The summed E-state index contributed by atoms with van der Waals surface area (Å²) in [6.07, 6.45) is 0.692. The van der Waals surface area contributed by atoms with E-state index in [1.54, 1.807) is 0 Å². The molecule has 0 aromatic rings. The number of thiol groups is 1. The molecule has 3 heteroatoms. The van der Waals surface area contributed by atoms with Gasteiger partial charge in [0.2, 0.25) is 0 Å². The van der Waals surface area contributed by atoms with Crippen molar-refractivity contribution < 1.29 is 5.11 Å². The summed E-state index contributed by atoms with van der Waals surface area (Å²) in [5, 5.41) is 8.78. The average Bonchev–Trinajstić information content (AvgIpc) is 1.68. The molecule has 7 heavy (non-hydrogen) atoms. The monoisotopic (exact) mass is 118 g/mol. The van der Waals surface area contributed by atoms with Gasteiger partial charge in [-0.1, -0.05) is 13.1 Å². The van der Waals surface area contributed by atoms with Crippen LogP contribution in [0.25, 0.3) is 0 Å². The molecule has 0 amide bonds. The lowest BCUT2D eigenvalue weighted by atomic mass is 9.76. The number of rotatable bonds is 3. The van der Waals surface area contributed by atoms with E-state index in [0.29, 0.717) is 5.75 Å². The van der Waals surface area contributed by atoms with Crippen molar-refractivity contribution in [2.45, 2.75) is 19.2 Å². The first-order valence-electron chi connectivity index (χ1n) is 2.60. The van der Waals surface area contributed by atoms with Gasteiger partial charge in [0, 0.05) is 5.75 Å². The fraction of sp³-hybridized carbons (Fsp3) is 1.00. The normalized spacial score (nSPS) is 13.6. The number of aliphatic hydroxyl groups excluding tert-OH is 1. The van der Waals surface area contributed by atoms with Crippen LogP contribution in [-0.4, -0.2) is 24.2 Å². The van der Waals surface area contributed by atoms with E-state index in [9.17, 15) is 0 Å². The summed E-state index contributed by atoms with van der Waals surface area (Å²) < 4.78 is 0. The lowest BCUT2D eigenvalue weighted by Gasteiger charge is -2.00. The Balaban J connectivity index is 2.83. The molecule has 0 rings (SSSR count). The van der Waals surface area contributed by atoms with Crippen LogP contribution in [0.4, 0.5) is 0 Å². The molecule has 0 aromatic carbocycles. The van der Waals surface area contributed by atoms with E-state index < -0.39 is 0 Å². The second-order valence-electron chi connectivity index (χ2n) is 1.63. The molecule has 1 N–H and O–H groups in total. The lowest BCUT2D eigenvalue weighted by Crippen LogP contribution is -2.08. The van der Waals surface area contributed by atoms with Crippen molar-refractivity contribution in [3.05, 3.63) is 0 Å². The van der Waals surface area contributed by atoms with E-state index >= 15 is 0 Å². The first-order chi connectivity index (χ1) is 3.31. The predicted octanol–water partition coefficient (Wildman–Crippen LogP) is 0.180. The van der Waals surface area contributed by atoms with E-state index in [1.165, 1.54) is 0 Å². The molecule has 0 saturated heterocycles. The summed E-state index contributed by atoms with van der Waals surface area (Å²) in [4.78, 5) is 0. The Labute approximate surface area is 50.8 Å². The van der Waals surface area contributed by atoms with Crippen molar-refractivity contribution in [3.8, 4) is 0 Å². The molecule has 1 unspecified atom stereocenters. The van der Waals surface area contributed by atoms with E-state index in [0.717, 1.165) is 13.6 Å². The molecular formula is C4H11BOS. The van der Waals surface area contributed by atoms with Gasteiger partial charge in [0.05, 0.1) is 6.10 Å². The van der Waals surface area contributed by atoms with Crippen LogP contribution in [0.3, 0.4) is 0 Å². The van der Waals surface area contributed by atoms with Gasteiger partial charge in [-0.25, -0.2) is 0 Å². The standard InChI is InChI=1S/C4H11BOS/c1-5-2-4(6)3-7/h4-7H,2-3H2,1H3. The topological polar surface area (TPSA) is 20.2 Å². The minimum Gasteiger partial charge on any atom is -0.393 e. The van der Waals surface area contributed by atoms with Gasteiger partial charge in [0.25, 0.3) is 0 Å². The highest BCUT2D eigenvalue weighted by molar-refractivity contribution is 7.80. The zero-order valence-electron chi connectivity index (χ0n) is 4.59. The van der Waals surface area contributed by atoms with Gasteiger partial charge in [-0.3, -0.25) is 0 Å². The Morgan fingerprint density at radius 3 is 2.57 bits per heavy atom. The second-order valence-corrected chi connectivity index (χ2v) is 1.99. The molecular weight excluding hydrogens is 107 g/mol. The van der Waals surface area contributed by atoms with Crippen LogP contribution in [-0.2, 0) is 0 Å². The highest BCUT2D eigenvalue weighted by atomic mass is 32.1. The molecule has 42 valence electrons. The minimum absolute atomic E-state index is 0.187. The Morgan fingerprint density at radius 2 is 2.43 bits per heavy atom. The van der Waals surface area contributed by atoms with Crippen molar-refractivity contribution in [3.63, 3.8) is 0 Å². The van der Waals surface area contributed by atoms with Crippen LogP contribution in [0.15, 0.2) is 0 Å². The first-order valence-corrected chi connectivity index (χ1v) is 3.23. The van der Waals surface area contributed by atoms with Gasteiger partial charge < -0.3 is 5.11 Å². The third kappa shape index (κ3) is 4.22. The fourth-order valence-electron chi connectivity index (χ4n) is 0.425. The highest BCUT2D eigenvalue weighted by Crippen LogP contribution is 1.91. The van der Waals surface area contributed by atoms with Gasteiger partial charge in [-0.2, -0.15) is 12.6 Å². The molecule has 0 aromatic heterocycles. The average molecular weight is 118 g/mol. The van der Waals surface area contributed by atoms with E-state index in [1.807, 2.05) is 6.82 Å². The third-order valence-corrected chi connectivity index (χ3v) is 1.25. The molecule has 1 nitrogen and oxygen atoms in total. The molecule has 0 spiro atoms. The predicted molar refractivity (Wildman–Crippen MR) is 37.7 cm³/mol. The molecule has 0 aliphatic carbocycles. The van der Waals surface area contributed by atoms with Gasteiger partial charge >= 0.3 is 0 Å². The Bertz CT molecular complexity index is 42.7. The third-order valence-electron chi connectivity index (χ3n) is 0.833. The smallest absolute Gasteiger partial charge is 0.120 e. The highest BCUT2D eigenvalue weighted by Gasteiger charge is 1.96. The minimum atomic E-state index is -0.187. The second kappa shape index (κ2) is 4.53. The molecule has 1 atom stereocenters. The van der Waals surface area contributed by atoms with Crippen molar-refractivity contribution in [2.75, 3.05) is 5.75 Å². The van der Waals surface area contributed by atoms with Crippen LogP contribution in [0.2, 0.25) is 13.1 Å². The van der Waals surface area contributed by atoms with Crippen molar-refractivity contribution >= 4 is 19.9 Å². The largest absolute Gasteiger partial charge is 0.393 e. The number of hydrogen-bond acceptors (Lipinski definition) is 2. The van der Waals surface area contributed by atoms with Crippen molar-refractivity contribution in [1.29, 1.82) is 0 Å². The van der Waals surface area contributed by atoms with Crippen LogP contribution >= 0.6 is 12.6 Å². The molecule has 0 radical (unpaired) electrons. The summed E-state index contributed by atoms with van der Waals surface area (Å²) in [7, 11) is 1.04. The molecule has 0 heterocycles. The lowest BCUT2D eigenvalue weighted by molar-refractivity contribution is 0.220. The molecule has 0 fully saturated rings. The summed E-state index contributed by atoms with van der Waals surface area (Å²) in [6, 6.07) is 0. The maximum Gasteiger partial charge on any atom is 0.120 e. The zero-order chi connectivity index (χ0) is 5.70. The van der Waals surface area contributed by atoms with Crippen LogP contribution in [0.5, 0.6) is 0 Å². The quantitative estimate of drug-likeness (QED) is 0.400. The van der Waals surface area contributed by atoms with Gasteiger partial charge in [0.15, 0.2) is 0 Å². The van der Waals surface area contributed by atoms with E-state index in [4.69, 9.17) is 5.11 Å². The van der Waals surface area contributed by atoms with Crippen LogP contribution in [0.1, 0.15) is 0 Å². The molecule has 0 aliphatic heterocycles. The van der Waals surface area contributed by atoms with Crippen LogP contribution < -0.4 is 0 Å². The van der Waals surface area contributed by atoms with Crippen molar-refractivity contribution in [2.24, 2.45) is 0 Å². The van der Waals surface area contributed by atoms with Crippen molar-refractivity contribution in [1.82, 2.24) is 0 Å². The number of hydrogen-bond donors (Lipinski definition) is 2. The summed E-state index contributed by atoms with van der Waals surface area (Å²) in [5.41, 5.74) is 0. The van der Waals surface area contributed by atoms with Gasteiger partial charge in [-0.05, 0) is 0 Å². The molecule has 0 aliphatic rings. The molecule has 0 bridgehead atoms. The first kappa shape index (κ1) is 7.37. The Morgan fingerprint density at radius 1 is 1.86 bits per heavy atom. The summed E-state index contributed by atoms with van der Waals surface area (Å²) in [5.74, 6) is 0.591. The maximum atomic E-state index is 8.78. The zero-order valence-corrected chi connectivity index (χ0v) is 5.49. The SMILES string of the molecule is CBCC(O)CS. The van der Waals surface area contributed by atoms with E-state index in [-0.39, 0.29) is 6.10 Å². The maximum absolute atomic E-state index is 8.78. The van der Waals surface area contributed by atoms with Crippen LogP contribution in [0, 0.1) is 0 Å². The molecule has 0 saturated carbocycles. The van der Waals surface area contributed by atoms with Gasteiger partial charge in [0.1, 0.15) is 7.28 Å². The Hall–Kier alpha value is 0.375. The summed E-state index contributed by atoms with van der Waals surface area (Å²) in [6.45, 7) is 2.05. The fourth-order valence-corrected chi connectivity index (χ4v) is 0.607. The van der Waals surface area contributed by atoms with Gasteiger partial charge in [-0.15, -0.1) is 0 Å². The van der Waals surface area contributed by atoms with E-state index in [2.05, 4.69) is 12.6 Å².